The summed E-state index contributed by atoms with van der Waals surface area (Å²) in [5, 5.41) is 7.19. The third-order valence-corrected chi connectivity index (χ3v) is 9.08. The maximum absolute atomic E-state index is 13.7. The molecule has 1 aliphatic rings. The molecule has 4 aromatic rings. The number of carbonyl (C=O) groups excluding carboxylic acids is 1. The van der Waals surface area contributed by atoms with Gasteiger partial charge in [0, 0.05) is 17.3 Å². The minimum Gasteiger partial charge on any atom is -0.489 e. The van der Waals surface area contributed by atoms with Crippen molar-refractivity contribution in [2.75, 3.05) is 0 Å². The Bertz CT molecular complexity index is 1490. The molecule has 0 spiro atoms. The highest BCUT2D eigenvalue weighted by Crippen LogP contribution is 2.42. The average molecular weight is 581 g/mol. The van der Waals surface area contributed by atoms with Crippen LogP contribution in [0.2, 0.25) is 0 Å². The topological polar surface area (TPSA) is 99.4 Å². The molecule has 1 fully saturated rings. The van der Waals surface area contributed by atoms with Crippen LogP contribution >= 0.6 is 15.9 Å². The maximum atomic E-state index is 13.7. The molecule has 0 amide bonds. The number of carbonyl (C=O) groups is 1. The first-order valence-corrected chi connectivity index (χ1v) is 14.3. The fraction of sp³-hybridized carbons (Fsp3) is 0.250. The van der Waals surface area contributed by atoms with Gasteiger partial charge < -0.3 is 9.15 Å². The lowest BCUT2D eigenvalue weighted by atomic mass is 10.0. The third-order valence-electron chi connectivity index (χ3n) is 6.42. The second kappa shape index (κ2) is 11.0. The van der Waals surface area contributed by atoms with E-state index in [1.807, 2.05) is 54.6 Å². The molecule has 7 nitrogen and oxygen atoms in total. The molecule has 3 aromatic carbocycles. The molecule has 1 saturated carbocycles. The number of hydrogen-bond donors (Lipinski definition) is 0. The molecular formula is C28H25BrN2O5S. The Balaban J connectivity index is 1.33. The molecule has 1 aromatic heterocycles. The van der Waals surface area contributed by atoms with Crippen molar-refractivity contribution in [3.63, 3.8) is 0 Å². The summed E-state index contributed by atoms with van der Waals surface area (Å²) in [5.74, 6) is 0.716. The van der Waals surface area contributed by atoms with E-state index in [2.05, 4.69) is 26.1 Å². The number of nitrogens with zero attached hydrogens (tertiary/aromatic N) is 2. The molecule has 0 aliphatic heterocycles. The molecule has 2 atom stereocenters. The van der Waals surface area contributed by atoms with Gasteiger partial charge in [0.15, 0.2) is 9.84 Å². The largest absolute Gasteiger partial charge is 0.489 e. The quantitative estimate of drug-likeness (QED) is 0.243. The lowest BCUT2D eigenvalue weighted by Gasteiger charge is -2.20. The van der Waals surface area contributed by atoms with Gasteiger partial charge in [0.25, 0.3) is 0 Å². The van der Waals surface area contributed by atoms with Crippen molar-refractivity contribution in [2.45, 2.75) is 42.4 Å². The van der Waals surface area contributed by atoms with Gasteiger partial charge in [0.1, 0.15) is 23.4 Å². The number of halogens is 1. The van der Waals surface area contributed by atoms with E-state index in [9.17, 15) is 13.2 Å². The number of rotatable bonds is 9. The zero-order chi connectivity index (χ0) is 25.8. The van der Waals surface area contributed by atoms with E-state index in [4.69, 9.17) is 9.15 Å². The number of benzene rings is 3. The van der Waals surface area contributed by atoms with Crippen LogP contribution in [-0.4, -0.2) is 24.4 Å². The van der Waals surface area contributed by atoms with Crippen LogP contribution in [0.5, 0.6) is 5.75 Å². The number of hydrogen-bond acceptors (Lipinski definition) is 7. The number of sulfone groups is 1. The van der Waals surface area contributed by atoms with Crippen LogP contribution in [0, 0.1) is 5.92 Å². The Labute approximate surface area is 223 Å². The predicted molar refractivity (Wildman–Crippen MR) is 141 cm³/mol. The Hall–Kier alpha value is -3.30. The number of aromatic nitrogens is 2. The second-order valence-corrected chi connectivity index (χ2v) is 12.1. The zero-order valence-corrected chi connectivity index (χ0v) is 22.3. The maximum Gasteiger partial charge on any atom is 0.235 e. The molecule has 0 saturated heterocycles. The molecule has 2 unspecified atom stereocenters. The summed E-state index contributed by atoms with van der Waals surface area (Å²) < 4.78 is 39.8. The lowest BCUT2D eigenvalue weighted by molar-refractivity contribution is -0.117. The Morgan fingerprint density at radius 2 is 1.76 bits per heavy atom. The van der Waals surface area contributed by atoms with Gasteiger partial charge in [-0.1, -0.05) is 64.5 Å². The highest BCUT2D eigenvalue weighted by Gasteiger charge is 2.43. The fourth-order valence-corrected chi connectivity index (χ4v) is 7.05. The van der Waals surface area contributed by atoms with Crippen LogP contribution < -0.4 is 4.74 Å². The van der Waals surface area contributed by atoms with Crippen LogP contribution in [0.4, 0.5) is 0 Å². The van der Waals surface area contributed by atoms with Gasteiger partial charge in [0.2, 0.25) is 11.8 Å². The van der Waals surface area contributed by atoms with Crippen molar-refractivity contribution < 1.29 is 22.4 Å². The summed E-state index contributed by atoms with van der Waals surface area (Å²) in [6, 6.07) is 24.0. The van der Waals surface area contributed by atoms with Crippen molar-refractivity contribution >= 4 is 31.6 Å². The van der Waals surface area contributed by atoms with E-state index in [0.717, 1.165) is 16.9 Å². The normalized spacial score (nSPS) is 16.6. The summed E-state index contributed by atoms with van der Waals surface area (Å²) in [5.41, 5.74) is 2.01. The monoisotopic (exact) mass is 580 g/mol. The predicted octanol–water partition coefficient (Wildman–Crippen LogP) is 5.89. The van der Waals surface area contributed by atoms with E-state index < -0.39 is 21.0 Å². The summed E-state index contributed by atoms with van der Waals surface area (Å²) in [6.07, 6.45) is 1.35. The van der Waals surface area contributed by atoms with Crippen molar-refractivity contribution in [2.24, 2.45) is 5.92 Å². The van der Waals surface area contributed by atoms with Crippen LogP contribution in [-0.2, 0) is 27.7 Å². The SMILES string of the molecule is O=C1CCC(C(c2nnc(Cc3ccc(OCc4ccccc4)cc3)o2)S(=O)(=O)c2cccc(Br)c2)C1. The molecule has 190 valence electrons. The van der Waals surface area contributed by atoms with Gasteiger partial charge >= 0.3 is 0 Å². The summed E-state index contributed by atoms with van der Waals surface area (Å²) in [6.45, 7) is 0.477. The summed E-state index contributed by atoms with van der Waals surface area (Å²) in [4.78, 5) is 12.2. The van der Waals surface area contributed by atoms with Crippen LogP contribution in [0.1, 0.15) is 47.4 Å². The van der Waals surface area contributed by atoms with Crippen molar-refractivity contribution in [1.29, 1.82) is 0 Å². The lowest BCUT2D eigenvalue weighted by Crippen LogP contribution is -2.22. The molecule has 0 radical (unpaired) electrons. The van der Waals surface area contributed by atoms with E-state index in [1.165, 1.54) is 0 Å². The average Bonchev–Trinajstić information content (AvgIpc) is 3.53. The third kappa shape index (κ3) is 5.99. The molecule has 0 N–H and O–H groups in total. The van der Waals surface area contributed by atoms with Crippen molar-refractivity contribution in [1.82, 2.24) is 10.2 Å². The highest BCUT2D eigenvalue weighted by atomic mass is 79.9. The Morgan fingerprint density at radius 1 is 0.973 bits per heavy atom. The van der Waals surface area contributed by atoms with Gasteiger partial charge in [-0.2, -0.15) is 0 Å². The zero-order valence-electron chi connectivity index (χ0n) is 19.9. The Morgan fingerprint density at radius 3 is 2.46 bits per heavy atom. The van der Waals surface area contributed by atoms with E-state index in [1.54, 1.807) is 24.3 Å². The van der Waals surface area contributed by atoms with E-state index in [0.29, 0.717) is 36.2 Å². The van der Waals surface area contributed by atoms with E-state index in [-0.39, 0.29) is 23.0 Å². The summed E-state index contributed by atoms with van der Waals surface area (Å²) in [7, 11) is -3.87. The van der Waals surface area contributed by atoms with Crippen LogP contribution in [0.3, 0.4) is 0 Å². The Kier molecular flexibility index (Phi) is 7.53. The highest BCUT2D eigenvalue weighted by molar-refractivity contribution is 9.10. The van der Waals surface area contributed by atoms with Gasteiger partial charge in [0.05, 0.1) is 11.3 Å². The van der Waals surface area contributed by atoms with Gasteiger partial charge in [-0.3, -0.25) is 4.79 Å². The second-order valence-electron chi connectivity index (χ2n) is 9.09. The van der Waals surface area contributed by atoms with Crippen LogP contribution in [0.25, 0.3) is 0 Å². The van der Waals surface area contributed by atoms with Crippen molar-refractivity contribution in [3.05, 3.63) is 106 Å². The van der Waals surface area contributed by atoms with Gasteiger partial charge in [-0.05, 0) is 53.8 Å². The molecule has 1 aliphatic carbocycles. The number of ether oxygens (including phenoxy) is 1. The molecule has 37 heavy (non-hydrogen) atoms. The first kappa shape index (κ1) is 25.4. The van der Waals surface area contributed by atoms with Gasteiger partial charge in [-0.15, -0.1) is 10.2 Å². The van der Waals surface area contributed by atoms with Crippen molar-refractivity contribution in [3.8, 4) is 5.75 Å². The molecule has 1 heterocycles. The number of Topliss-reactive ketones (excluding diaryl/α,β-unsaturated/α-hetero) is 1. The van der Waals surface area contributed by atoms with Crippen LogP contribution in [0.15, 0.2) is 92.6 Å². The standard InChI is InChI=1S/C28H25BrN2O5S/c29-22-7-4-8-25(17-22)37(33,34)27(21-11-12-23(32)16-21)28-31-30-26(36-28)15-19-9-13-24(14-10-19)35-18-20-5-2-1-3-6-20/h1-10,13-14,17,21,27H,11-12,15-16,18H2. The summed E-state index contributed by atoms with van der Waals surface area (Å²) >= 11 is 3.34. The number of ketones is 1. The smallest absolute Gasteiger partial charge is 0.235 e. The van der Waals surface area contributed by atoms with E-state index >= 15 is 0 Å². The van der Waals surface area contributed by atoms with Gasteiger partial charge in [-0.25, -0.2) is 8.42 Å². The first-order valence-electron chi connectivity index (χ1n) is 12.0. The molecule has 9 heteroatoms. The molecule has 0 bridgehead atoms. The fourth-order valence-electron chi connectivity index (χ4n) is 4.55. The molecular weight excluding hydrogens is 556 g/mol. The minimum atomic E-state index is -3.87. The first-order chi connectivity index (χ1) is 17.9. The minimum absolute atomic E-state index is 0.0255. The molecule has 5 rings (SSSR count).